The van der Waals surface area contributed by atoms with Crippen LogP contribution in [0, 0.1) is 0 Å². The minimum atomic E-state index is -0.769. The highest BCUT2D eigenvalue weighted by atomic mass is 35.5. The molecule has 0 unspecified atom stereocenters. The molecule has 0 aliphatic heterocycles. The fourth-order valence-electron chi connectivity index (χ4n) is 1.31. The first-order valence-electron chi connectivity index (χ1n) is 5.10. The number of ether oxygens (including phenoxy) is 1. The normalized spacial score (nSPS) is 11.2. The van der Waals surface area contributed by atoms with Gasteiger partial charge in [0.2, 0.25) is 5.91 Å². The van der Waals surface area contributed by atoms with E-state index in [0.717, 1.165) is 6.08 Å². The third-order valence-corrected chi connectivity index (χ3v) is 2.84. The van der Waals surface area contributed by atoms with E-state index in [9.17, 15) is 9.59 Å². The molecule has 0 atom stereocenters. The molecule has 0 saturated carbocycles. The standard InChI is InChI=1S/C12H11Cl2NO3/c1-2-18-12(17)8(6-10(15)16)7-4-3-5-9(13)11(7)14/h3-6H,2H2,1H3,(H2,15,16)/b8-6-. The smallest absolute Gasteiger partial charge is 0.338 e. The highest BCUT2D eigenvalue weighted by molar-refractivity contribution is 6.44. The Kier molecular flexibility index (Phi) is 5.19. The Bertz CT molecular complexity index is 512. The van der Waals surface area contributed by atoms with E-state index >= 15 is 0 Å². The minimum absolute atomic E-state index is 0.0168. The fraction of sp³-hybridized carbons (Fsp3) is 0.167. The van der Waals surface area contributed by atoms with Crippen LogP contribution in [0.2, 0.25) is 10.0 Å². The van der Waals surface area contributed by atoms with Gasteiger partial charge in [-0.2, -0.15) is 0 Å². The third kappa shape index (κ3) is 3.48. The van der Waals surface area contributed by atoms with E-state index in [4.69, 9.17) is 33.7 Å². The molecular formula is C12H11Cl2NO3. The van der Waals surface area contributed by atoms with Crippen LogP contribution in [0.4, 0.5) is 0 Å². The summed E-state index contributed by atoms with van der Waals surface area (Å²) in [6.45, 7) is 1.83. The van der Waals surface area contributed by atoms with Crippen molar-refractivity contribution in [3.8, 4) is 0 Å². The molecule has 0 aliphatic carbocycles. The Labute approximate surface area is 114 Å². The quantitative estimate of drug-likeness (QED) is 0.683. The van der Waals surface area contributed by atoms with Crippen molar-refractivity contribution in [1.82, 2.24) is 0 Å². The van der Waals surface area contributed by atoms with Gasteiger partial charge in [-0.25, -0.2) is 4.79 Å². The van der Waals surface area contributed by atoms with Crippen molar-refractivity contribution < 1.29 is 14.3 Å². The van der Waals surface area contributed by atoms with Gasteiger partial charge in [-0.1, -0.05) is 35.3 Å². The fourth-order valence-corrected chi connectivity index (χ4v) is 1.71. The number of halogens is 2. The maximum absolute atomic E-state index is 11.7. The first-order chi connectivity index (χ1) is 8.47. The minimum Gasteiger partial charge on any atom is -0.462 e. The first kappa shape index (κ1) is 14.5. The summed E-state index contributed by atoms with van der Waals surface area (Å²) < 4.78 is 4.84. The molecule has 0 spiro atoms. The summed E-state index contributed by atoms with van der Waals surface area (Å²) >= 11 is 11.8. The number of carbonyl (C=O) groups excluding carboxylic acids is 2. The molecule has 1 aromatic rings. The number of carbonyl (C=O) groups is 2. The number of hydrogen-bond acceptors (Lipinski definition) is 3. The molecule has 1 amide bonds. The molecule has 0 heterocycles. The average Bonchev–Trinajstić information content (AvgIpc) is 2.30. The number of nitrogens with two attached hydrogens (primary N) is 1. The van der Waals surface area contributed by atoms with Gasteiger partial charge in [-0.3, -0.25) is 4.79 Å². The zero-order chi connectivity index (χ0) is 13.7. The molecule has 1 rings (SSSR count). The van der Waals surface area contributed by atoms with Gasteiger partial charge < -0.3 is 10.5 Å². The predicted octanol–water partition coefficient (Wildman–Crippen LogP) is 2.43. The first-order valence-corrected chi connectivity index (χ1v) is 5.85. The Morgan fingerprint density at radius 2 is 2.06 bits per heavy atom. The second-order valence-electron chi connectivity index (χ2n) is 3.28. The number of primary amides is 1. The van der Waals surface area contributed by atoms with Crippen molar-refractivity contribution in [2.24, 2.45) is 5.73 Å². The lowest BCUT2D eigenvalue weighted by Crippen LogP contribution is -2.13. The Hall–Kier alpha value is -1.52. The van der Waals surface area contributed by atoms with Gasteiger partial charge in [0.25, 0.3) is 0 Å². The van der Waals surface area contributed by atoms with E-state index in [1.165, 1.54) is 0 Å². The van der Waals surface area contributed by atoms with Crippen LogP contribution in [0.1, 0.15) is 12.5 Å². The van der Waals surface area contributed by atoms with Crippen LogP contribution in [0.25, 0.3) is 5.57 Å². The zero-order valence-electron chi connectivity index (χ0n) is 9.57. The van der Waals surface area contributed by atoms with E-state index in [2.05, 4.69) is 0 Å². The lowest BCUT2D eigenvalue weighted by atomic mass is 10.1. The molecule has 4 nitrogen and oxygen atoms in total. The van der Waals surface area contributed by atoms with Gasteiger partial charge in [0.1, 0.15) is 0 Å². The van der Waals surface area contributed by atoms with Crippen LogP contribution in [0.5, 0.6) is 0 Å². The molecule has 0 fully saturated rings. The van der Waals surface area contributed by atoms with Gasteiger partial charge in [-0.05, 0) is 13.0 Å². The molecule has 0 saturated heterocycles. The number of hydrogen-bond donors (Lipinski definition) is 1. The van der Waals surface area contributed by atoms with Crippen LogP contribution >= 0.6 is 23.2 Å². The van der Waals surface area contributed by atoms with Crippen molar-refractivity contribution in [3.63, 3.8) is 0 Å². The summed E-state index contributed by atoms with van der Waals surface area (Å²) in [6.07, 6.45) is 0.968. The van der Waals surface area contributed by atoms with E-state index < -0.39 is 11.9 Å². The van der Waals surface area contributed by atoms with E-state index in [1.807, 2.05) is 0 Å². The van der Waals surface area contributed by atoms with Gasteiger partial charge in [-0.15, -0.1) is 0 Å². The lowest BCUT2D eigenvalue weighted by Gasteiger charge is -2.09. The highest BCUT2D eigenvalue weighted by Gasteiger charge is 2.18. The number of esters is 1. The third-order valence-electron chi connectivity index (χ3n) is 2.02. The van der Waals surface area contributed by atoms with Crippen molar-refractivity contribution >= 4 is 40.7 Å². The van der Waals surface area contributed by atoms with Gasteiger partial charge in [0.05, 0.1) is 22.2 Å². The van der Waals surface area contributed by atoms with Crippen molar-refractivity contribution in [2.45, 2.75) is 6.92 Å². The van der Waals surface area contributed by atoms with Crippen LogP contribution < -0.4 is 5.73 Å². The molecule has 1 aromatic carbocycles. The molecule has 0 bridgehead atoms. The van der Waals surface area contributed by atoms with Gasteiger partial charge >= 0.3 is 5.97 Å². The predicted molar refractivity (Wildman–Crippen MR) is 70.3 cm³/mol. The second-order valence-corrected chi connectivity index (χ2v) is 4.07. The average molecular weight is 288 g/mol. The van der Waals surface area contributed by atoms with Crippen LogP contribution in [0.15, 0.2) is 24.3 Å². The lowest BCUT2D eigenvalue weighted by molar-refractivity contribution is -0.136. The number of rotatable bonds is 4. The van der Waals surface area contributed by atoms with E-state index in [1.54, 1.807) is 25.1 Å². The molecule has 0 radical (unpaired) electrons. The van der Waals surface area contributed by atoms with Crippen molar-refractivity contribution in [3.05, 3.63) is 39.9 Å². The zero-order valence-corrected chi connectivity index (χ0v) is 11.1. The van der Waals surface area contributed by atoms with E-state index in [0.29, 0.717) is 5.56 Å². The van der Waals surface area contributed by atoms with Crippen molar-refractivity contribution in [2.75, 3.05) is 6.61 Å². The molecule has 96 valence electrons. The van der Waals surface area contributed by atoms with Crippen LogP contribution in [0.3, 0.4) is 0 Å². The van der Waals surface area contributed by atoms with Gasteiger partial charge in [0, 0.05) is 11.6 Å². The molecular weight excluding hydrogens is 277 g/mol. The molecule has 6 heteroatoms. The summed E-state index contributed by atoms with van der Waals surface area (Å²) in [5.74, 6) is -1.45. The number of benzene rings is 1. The van der Waals surface area contributed by atoms with Gasteiger partial charge in [0.15, 0.2) is 0 Å². The van der Waals surface area contributed by atoms with Crippen LogP contribution in [-0.2, 0) is 14.3 Å². The largest absolute Gasteiger partial charge is 0.462 e. The van der Waals surface area contributed by atoms with Crippen LogP contribution in [-0.4, -0.2) is 18.5 Å². The number of amides is 1. The maximum atomic E-state index is 11.7. The Balaban J connectivity index is 3.31. The molecule has 0 aliphatic rings. The topological polar surface area (TPSA) is 69.4 Å². The summed E-state index contributed by atoms with van der Waals surface area (Å²) in [4.78, 5) is 22.7. The van der Waals surface area contributed by atoms with Crippen molar-refractivity contribution in [1.29, 1.82) is 0 Å². The molecule has 0 aromatic heterocycles. The molecule has 18 heavy (non-hydrogen) atoms. The highest BCUT2D eigenvalue weighted by Crippen LogP contribution is 2.31. The Morgan fingerprint density at radius 3 is 2.61 bits per heavy atom. The summed E-state index contributed by atoms with van der Waals surface area (Å²) in [5.41, 5.74) is 5.34. The van der Waals surface area contributed by atoms with E-state index in [-0.39, 0.29) is 22.2 Å². The second kappa shape index (κ2) is 6.42. The summed E-state index contributed by atoms with van der Waals surface area (Å²) in [6, 6.07) is 4.73. The Morgan fingerprint density at radius 1 is 1.39 bits per heavy atom. The summed E-state index contributed by atoms with van der Waals surface area (Å²) in [7, 11) is 0. The SMILES string of the molecule is CCOC(=O)/C(=C\C(N)=O)c1cccc(Cl)c1Cl. The summed E-state index contributed by atoms with van der Waals surface area (Å²) in [5, 5.41) is 0.438. The molecule has 2 N–H and O–H groups in total. The monoisotopic (exact) mass is 287 g/mol. The maximum Gasteiger partial charge on any atom is 0.338 e.